The number of hydrogen-bond acceptors (Lipinski definition) is 4. The maximum atomic E-state index is 11.3. The molecule has 0 aromatic carbocycles. The van der Waals surface area contributed by atoms with Crippen LogP contribution < -0.4 is 0 Å². The second kappa shape index (κ2) is 5.39. The lowest BCUT2D eigenvalue weighted by Gasteiger charge is -2.30. The molecule has 0 aliphatic carbocycles. The molecule has 15 heavy (non-hydrogen) atoms. The second-order valence-corrected chi connectivity index (χ2v) is 3.70. The number of carbonyl (C=O) groups is 1. The summed E-state index contributed by atoms with van der Waals surface area (Å²) in [4.78, 5) is 11.3. The molecule has 86 valence electrons. The topological polar surface area (TPSA) is 55.8 Å². The van der Waals surface area contributed by atoms with Crippen LogP contribution in [0.2, 0.25) is 0 Å². The zero-order valence-electron chi connectivity index (χ0n) is 9.40. The third-order valence-electron chi connectivity index (χ3n) is 2.40. The summed E-state index contributed by atoms with van der Waals surface area (Å²) in [5, 5.41) is 9.58. The molecule has 4 nitrogen and oxygen atoms in total. The standard InChI is InChI=1S/C11H18O4/c1-4-9(12)7(2)5-11-10(13)6-14-8(3)15-11/h5,8,10-11,13H,4,6H2,1-3H3/b7-5+/t8?,10-,11+/m1/s1. The zero-order chi connectivity index (χ0) is 11.4. The van der Waals surface area contributed by atoms with Gasteiger partial charge in [0.05, 0.1) is 6.61 Å². The monoisotopic (exact) mass is 214 g/mol. The number of aliphatic hydroxyl groups is 1. The van der Waals surface area contributed by atoms with Crippen molar-refractivity contribution in [3.8, 4) is 0 Å². The van der Waals surface area contributed by atoms with Crippen molar-refractivity contribution in [1.29, 1.82) is 0 Å². The first-order chi connectivity index (χ1) is 7.04. The third-order valence-corrected chi connectivity index (χ3v) is 2.40. The molecule has 1 N–H and O–H groups in total. The minimum absolute atomic E-state index is 0.0740. The Labute approximate surface area is 89.9 Å². The fraction of sp³-hybridized carbons (Fsp3) is 0.727. The molecule has 1 aliphatic heterocycles. The average Bonchev–Trinajstić information content (AvgIpc) is 2.22. The van der Waals surface area contributed by atoms with Gasteiger partial charge in [0, 0.05) is 6.42 Å². The number of Topliss-reactive ketones (excluding diaryl/α,β-unsaturated/α-hetero) is 1. The van der Waals surface area contributed by atoms with Crippen LogP contribution in [0.4, 0.5) is 0 Å². The second-order valence-electron chi connectivity index (χ2n) is 3.70. The Morgan fingerprint density at radius 2 is 2.27 bits per heavy atom. The largest absolute Gasteiger partial charge is 0.388 e. The van der Waals surface area contributed by atoms with Gasteiger partial charge >= 0.3 is 0 Å². The molecule has 0 amide bonds. The maximum Gasteiger partial charge on any atom is 0.158 e. The predicted molar refractivity (Wildman–Crippen MR) is 55.3 cm³/mol. The smallest absolute Gasteiger partial charge is 0.158 e. The van der Waals surface area contributed by atoms with Crippen molar-refractivity contribution in [3.05, 3.63) is 11.6 Å². The van der Waals surface area contributed by atoms with Crippen LogP contribution in [-0.4, -0.2) is 36.0 Å². The SMILES string of the molecule is CCC(=O)/C(C)=C/[C@@H]1OC(C)OC[C@H]1O. The minimum atomic E-state index is -0.694. The first-order valence-electron chi connectivity index (χ1n) is 5.21. The summed E-state index contributed by atoms with van der Waals surface area (Å²) >= 11 is 0. The lowest BCUT2D eigenvalue weighted by Crippen LogP contribution is -2.41. The summed E-state index contributed by atoms with van der Waals surface area (Å²) in [6, 6.07) is 0. The number of ketones is 1. The number of carbonyl (C=O) groups excluding carboxylic acids is 1. The van der Waals surface area contributed by atoms with Crippen LogP contribution in [0.5, 0.6) is 0 Å². The zero-order valence-corrected chi connectivity index (χ0v) is 9.40. The van der Waals surface area contributed by atoms with Crippen LogP contribution in [0.25, 0.3) is 0 Å². The van der Waals surface area contributed by atoms with Gasteiger partial charge < -0.3 is 14.6 Å². The normalized spacial score (nSPS) is 32.8. The molecular formula is C11H18O4. The molecule has 0 radical (unpaired) electrons. The lowest BCUT2D eigenvalue weighted by molar-refractivity contribution is -0.230. The van der Waals surface area contributed by atoms with Crippen molar-refractivity contribution in [2.45, 2.75) is 45.7 Å². The van der Waals surface area contributed by atoms with Crippen molar-refractivity contribution < 1.29 is 19.4 Å². The van der Waals surface area contributed by atoms with E-state index in [0.29, 0.717) is 12.0 Å². The van der Waals surface area contributed by atoms with Gasteiger partial charge in [-0.05, 0) is 25.5 Å². The Hall–Kier alpha value is -0.710. The van der Waals surface area contributed by atoms with E-state index < -0.39 is 12.2 Å². The Balaban J connectivity index is 2.65. The van der Waals surface area contributed by atoms with Crippen LogP contribution in [0.15, 0.2) is 11.6 Å². The van der Waals surface area contributed by atoms with E-state index in [1.807, 2.05) is 6.92 Å². The van der Waals surface area contributed by atoms with E-state index in [0.717, 1.165) is 0 Å². The molecule has 1 fully saturated rings. The van der Waals surface area contributed by atoms with Crippen molar-refractivity contribution in [2.75, 3.05) is 6.61 Å². The fourth-order valence-electron chi connectivity index (χ4n) is 1.45. The van der Waals surface area contributed by atoms with E-state index in [1.165, 1.54) is 0 Å². The number of aliphatic hydroxyl groups excluding tert-OH is 1. The molecule has 1 saturated heterocycles. The summed E-state index contributed by atoms with van der Waals surface area (Å²) in [7, 11) is 0. The fourth-order valence-corrected chi connectivity index (χ4v) is 1.45. The molecule has 1 heterocycles. The molecule has 1 unspecified atom stereocenters. The number of ether oxygens (including phenoxy) is 2. The molecule has 0 saturated carbocycles. The highest BCUT2D eigenvalue weighted by Gasteiger charge is 2.27. The van der Waals surface area contributed by atoms with Gasteiger partial charge in [-0.15, -0.1) is 0 Å². The minimum Gasteiger partial charge on any atom is -0.388 e. The Bertz CT molecular complexity index is 259. The van der Waals surface area contributed by atoms with E-state index in [-0.39, 0.29) is 18.7 Å². The highest BCUT2D eigenvalue weighted by molar-refractivity contribution is 5.94. The van der Waals surface area contributed by atoms with Crippen LogP contribution in [0.3, 0.4) is 0 Å². The molecule has 0 bridgehead atoms. The summed E-state index contributed by atoms with van der Waals surface area (Å²) in [6.07, 6.45) is 0.677. The van der Waals surface area contributed by atoms with Gasteiger partial charge in [-0.3, -0.25) is 4.79 Å². The average molecular weight is 214 g/mol. The van der Waals surface area contributed by atoms with E-state index in [1.54, 1.807) is 19.9 Å². The number of rotatable bonds is 3. The molecule has 0 aromatic rings. The van der Waals surface area contributed by atoms with Crippen LogP contribution in [0, 0.1) is 0 Å². The predicted octanol–water partition coefficient (Wildman–Crippen LogP) is 1.03. The molecule has 4 heteroatoms. The highest BCUT2D eigenvalue weighted by Crippen LogP contribution is 2.16. The van der Waals surface area contributed by atoms with E-state index >= 15 is 0 Å². The van der Waals surface area contributed by atoms with Crippen molar-refractivity contribution in [3.63, 3.8) is 0 Å². The first kappa shape index (κ1) is 12.4. The summed E-state index contributed by atoms with van der Waals surface area (Å²) < 4.78 is 10.5. The van der Waals surface area contributed by atoms with Gasteiger partial charge in [0.25, 0.3) is 0 Å². The van der Waals surface area contributed by atoms with Crippen LogP contribution in [-0.2, 0) is 14.3 Å². The highest BCUT2D eigenvalue weighted by atomic mass is 16.7. The number of hydrogen-bond donors (Lipinski definition) is 1. The van der Waals surface area contributed by atoms with E-state index in [2.05, 4.69) is 0 Å². The maximum absolute atomic E-state index is 11.3. The molecule has 3 atom stereocenters. The lowest BCUT2D eigenvalue weighted by atomic mass is 10.1. The van der Waals surface area contributed by atoms with E-state index in [9.17, 15) is 9.90 Å². The molecule has 1 rings (SSSR count). The van der Waals surface area contributed by atoms with Crippen molar-refractivity contribution in [2.24, 2.45) is 0 Å². The molecule has 0 aromatic heterocycles. The summed E-state index contributed by atoms with van der Waals surface area (Å²) in [5.41, 5.74) is 0.635. The summed E-state index contributed by atoms with van der Waals surface area (Å²) in [6.45, 7) is 5.56. The van der Waals surface area contributed by atoms with Crippen molar-refractivity contribution in [1.82, 2.24) is 0 Å². The van der Waals surface area contributed by atoms with Gasteiger partial charge in [-0.25, -0.2) is 0 Å². The van der Waals surface area contributed by atoms with Crippen LogP contribution in [0.1, 0.15) is 27.2 Å². The van der Waals surface area contributed by atoms with Crippen molar-refractivity contribution >= 4 is 5.78 Å². The van der Waals surface area contributed by atoms with Gasteiger partial charge in [-0.2, -0.15) is 0 Å². The Morgan fingerprint density at radius 1 is 1.60 bits per heavy atom. The van der Waals surface area contributed by atoms with Gasteiger partial charge in [0.2, 0.25) is 0 Å². The van der Waals surface area contributed by atoms with Gasteiger partial charge in [0.15, 0.2) is 12.1 Å². The van der Waals surface area contributed by atoms with Gasteiger partial charge in [0.1, 0.15) is 12.2 Å². The molecular weight excluding hydrogens is 196 g/mol. The molecule has 0 spiro atoms. The van der Waals surface area contributed by atoms with Gasteiger partial charge in [-0.1, -0.05) is 6.92 Å². The Kier molecular flexibility index (Phi) is 4.45. The molecule has 1 aliphatic rings. The Morgan fingerprint density at radius 3 is 2.87 bits per heavy atom. The first-order valence-corrected chi connectivity index (χ1v) is 5.21. The van der Waals surface area contributed by atoms with E-state index in [4.69, 9.17) is 9.47 Å². The summed E-state index contributed by atoms with van der Waals surface area (Å²) in [5.74, 6) is 0.0740. The third kappa shape index (κ3) is 3.41. The number of allylic oxidation sites excluding steroid dienone is 1. The quantitative estimate of drug-likeness (QED) is 0.713. The van der Waals surface area contributed by atoms with Crippen LogP contribution >= 0.6 is 0 Å².